The van der Waals surface area contributed by atoms with Crippen LogP contribution in [-0.4, -0.2) is 5.91 Å². The predicted octanol–water partition coefficient (Wildman–Crippen LogP) is 1.83. The molecule has 1 aromatic rings. The van der Waals surface area contributed by atoms with Crippen LogP contribution in [0.5, 0.6) is 0 Å². The lowest BCUT2D eigenvalue weighted by Crippen LogP contribution is -1.97. The largest absolute Gasteiger partial charge is 0.290 e. The first kappa shape index (κ1) is 8.59. The molecular weight excluding hydrogens is 154 g/mol. The van der Waals surface area contributed by atoms with Crippen molar-refractivity contribution in [2.75, 3.05) is 0 Å². The zero-order valence-electron chi connectivity index (χ0n) is 6.78. The average Bonchev–Trinajstić information content (AvgIpc) is 2.04. The van der Waals surface area contributed by atoms with Crippen LogP contribution in [0.25, 0.3) is 0 Å². The Kier molecular flexibility index (Phi) is 2.69. The SMILES string of the molecule is Cc1cccc(CC(=O)N=O)c1. The molecular formula is C9H9NO2. The molecule has 62 valence electrons. The molecule has 0 spiro atoms. The van der Waals surface area contributed by atoms with Gasteiger partial charge in [0.25, 0.3) is 5.91 Å². The molecule has 0 aliphatic rings. The summed E-state index contributed by atoms with van der Waals surface area (Å²) in [5.41, 5.74) is 1.91. The van der Waals surface area contributed by atoms with Gasteiger partial charge in [0.15, 0.2) is 0 Å². The van der Waals surface area contributed by atoms with Crippen molar-refractivity contribution in [1.82, 2.24) is 0 Å². The fourth-order valence-electron chi connectivity index (χ4n) is 1.03. The third-order valence-electron chi connectivity index (χ3n) is 1.54. The van der Waals surface area contributed by atoms with Crippen LogP contribution in [0.1, 0.15) is 11.1 Å². The second-order valence-corrected chi connectivity index (χ2v) is 2.65. The summed E-state index contributed by atoms with van der Waals surface area (Å²) in [6.07, 6.45) is 0.102. The van der Waals surface area contributed by atoms with E-state index in [9.17, 15) is 9.70 Å². The Morgan fingerprint density at radius 3 is 2.83 bits per heavy atom. The highest BCUT2D eigenvalue weighted by atomic mass is 16.3. The molecule has 0 radical (unpaired) electrons. The summed E-state index contributed by atoms with van der Waals surface area (Å²) in [5, 5.41) is 2.32. The molecule has 0 aliphatic heterocycles. The monoisotopic (exact) mass is 163 g/mol. The summed E-state index contributed by atoms with van der Waals surface area (Å²) < 4.78 is 0. The van der Waals surface area contributed by atoms with E-state index in [2.05, 4.69) is 5.18 Å². The summed E-state index contributed by atoms with van der Waals surface area (Å²) in [4.78, 5) is 20.4. The minimum absolute atomic E-state index is 0.102. The van der Waals surface area contributed by atoms with Crippen LogP contribution in [0.2, 0.25) is 0 Å². The third kappa shape index (κ3) is 2.27. The van der Waals surface area contributed by atoms with Crippen LogP contribution in [0, 0.1) is 11.8 Å². The molecule has 0 saturated heterocycles. The van der Waals surface area contributed by atoms with Gasteiger partial charge in [-0.05, 0) is 12.5 Å². The molecule has 3 heteroatoms. The summed E-state index contributed by atoms with van der Waals surface area (Å²) >= 11 is 0. The van der Waals surface area contributed by atoms with E-state index < -0.39 is 5.91 Å². The smallest absolute Gasteiger partial charge is 0.269 e. The Bertz CT molecular complexity index is 307. The lowest BCUT2D eigenvalue weighted by atomic mass is 10.1. The second kappa shape index (κ2) is 3.76. The van der Waals surface area contributed by atoms with Crippen LogP contribution >= 0.6 is 0 Å². The van der Waals surface area contributed by atoms with E-state index >= 15 is 0 Å². The first-order chi connectivity index (χ1) is 5.72. The maximum absolute atomic E-state index is 10.6. The first-order valence-electron chi connectivity index (χ1n) is 3.64. The maximum Gasteiger partial charge on any atom is 0.290 e. The van der Waals surface area contributed by atoms with Crippen molar-refractivity contribution >= 4 is 5.91 Å². The number of benzene rings is 1. The Balaban J connectivity index is 2.76. The van der Waals surface area contributed by atoms with Crippen molar-refractivity contribution in [2.45, 2.75) is 13.3 Å². The number of hydrogen-bond donors (Lipinski definition) is 0. The summed E-state index contributed by atoms with van der Waals surface area (Å²) in [6.45, 7) is 1.93. The van der Waals surface area contributed by atoms with Crippen molar-refractivity contribution in [1.29, 1.82) is 0 Å². The molecule has 0 atom stereocenters. The summed E-state index contributed by atoms with van der Waals surface area (Å²) in [7, 11) is 0. The fraction of sp³-hybridized carbons (Fsp3) is 0.222. The minimum atomic E-state index is -0.624. The van der Waals surface area contributed by atoms with Gasteiger partial charge in [-0.2, -0.15) is 0 Å². The molecule has 0 N–H and O–H groups in total. The topological polar surface area (TPSA) is 46.5 Å². The molecule has 0 heterocycles. The highest BCUT2D eigenvalue weighted by Gasteiger charge is 2.01. The molecule has 1 amide bonds. The maximum atomic E-state index is 10.6. The number of nitroso groups, excluding NO2 is 1. The fourth-order valence-corrected chi connectivity index (χ4v) is 1.03. The zero-order valence-corrected chi connectivity index (χ0v) is 6.78. The summed E-state index contributed by atoms with van der Waals surface area (Å²) in [5.74, 6) is -0.624. The highest BCUT2D eigenvalue weighted by molar-refractivity contribution is 5.79. The van der Waals surface area contributed by atoms with Gasteiger partial charge in [0.1, 0.15) is 0 Å². The van der Waals surface area contributed by atoms with Gasteiger partial charge < -0.3 is 0 Å². The van der Waals surface area contributed by atoms with E-state index in [0.717, 1.165) is 11.1 Å². The number of aryl methyl sites for hydroxylation is 1. The van der Waals surface area contributed by atoms with Crippen molar-refractivity contribution in [2.24, 2.45) is 5.18 Å². The van der Waals surface area contributed by atoms with Gasteiger partial charge in [-0.25, -0.2) is 0 Å². The molecule has 12 heavy (non-hydrogen) atoms. The van der Waals surface area contributed by atoms with Gasteiger partial charge in [-0.3, -0.25) is 4.79 Å². The summed E-state index contributed by atoms with van der Waals surface area (Å²) in [6, 6.07) is 7.45. The molecule has 0 saturated carbocycles. The average molecular weight is 163 g/mol. The van der Waals surface area contributed by atoms with Crippen molar-refractivity contribution in [3.8, 4) is 0 Å². The predicted molar refractivity (Wildman–Crippen MR) is 45.7 cm³/mol. The van der Waals surface area contributed by atoms with Crippen molar-refractivity contribution in [3.05, 3.63) is 40.3 Å². The molecule has 0 fully saturated rings. The molecule has 0 bridgehead atoms. The molecule has 0 aliphatic carbocycles. The quantitative estimate of drug-likeness (QED) is 0.624. The van der Waals surface area contributed by atoms with Crippen LogP contribution in [0.4, 0.5) is 0 Å². The van der Waals surface area contributed by atoms with E-state index in [4.69, 9.17) is 0 Å². The van der Waals surface area contributed by atoms with Crippen LogP contribution in [-0.2, 0) is 11.2 Å². The Labute approximate surface area is 70.4 Å². The third-order valence-corrected chi connectivity index (χ3v) is 1.54. The van der Waals surface area contributed by atoms with Gasteiger partial charge in [0.05, 0.1) is 6.42 Å². The molecule has 1 rings (SSSR count). The molecule has 1 aromatic carbocycles. The van der Waals surface area contributed by atoms with Gasteiger partial charge >= 0.3 is 0 Å². The number of carbonyl (C=O) groups excluding carboxylic acids is 1. The van der Waals surface area contributed by atoms with Gasteiger partial charge in [-0.1, -0.05) is 29.8 Å². The Morgan fingerprint density at radius 2 is 2.25 bits per heavy atom. The number of nitrogens with zero attached hydrogens (tertiary/aromatic N) is 1. The lowest BCUT2D eigenvalue weighted by Gasteiger charge is -1.96. The van der Waals surface area contributed by atoms with Gasteiger partial charge in [-0.15, -0.1) is 4.91 Å². The normalized spacial score (nSPS) is 9.42. The van der Waals surface area contributed by atoms with Gasteiger partial charge in [0, 0.05) is 5.18 Å². The molecule has 3 nitrogen and oxygen atoms in total. The molecule has 0 unspecified atom stereocenters. The number of rotatable bonds is 2. The minimum Gasteiger partial charge on any atom is -0.269 e. The molecule has 0 aromatic heterocycles. The zero-order chi connectivity index (χ0) is 8.97. The van der Waals surface area contributed by atoms with Crippen LogP contribution in [0.3, 0.4) is 0 Å². The van der Waals surface area contributed by atoms with Crippen molar-refractivity contribution < 1.29 is 4.79 Å². The number of amides is 1. The Hall–Kier alpha value is -1.51. The van der Waals surface area contributed by atoms with Crippen LogP contribution in [0.15, 0.2) is 29.4 Å². The van der Waals surface area contributed by atoms with E-state index in [-0.39, 0.29) is 6.42 Å². The van der Waals surface area contributed by atoms with E-state index in [1.165, 1.54) is 0 Å². The standard InChI is InChI=1S/C9H9NO2/c1-7-3-2-4-8(5-7)6-9(11)10-12/h2-5H,6H2,1H3. The highest BCUT2D eigenvalue weighted by Crippen LogP contribution is 2.04. The number of hydrogen-bond acceptors (Lipinski definition) is 2. The van der Waals surface area contributed by atoms with E-state index in [1.54, 1.807) is 6.07 Å². The van der Waals surface area contributed by atoms with E-state index in [1.807, 2.05) is 25.1 Å². The second-order valence-electron chi connectivity index (χ2n) is 2.65. The lowest BCUT2D eigenvalue weighted by molar-refractivity contribution is -0.117. The Morgan fingerprint density at radius 1 is 1.50 bits per heavy atom. The van der Waals surface area contributed by atoms with Gasteiger partial charge in [0.2, 0.25) is 0 Å². The van der Waals surface area contributed by atoms with Crippen molar-refractivity contribution in [3.63, 3.8) is 0 Å². The van der Waals surface area contributed by atoms with E-state index in [0.29, 0.717) is 0 Å². The first-order valence-corrected chi connectivity index (χ1v) is 3.64. The van der Waals surface area contributed by atoms with Crippen LogP contribution < -0.4 is 0 Å². The number of carbonyl (C=O) groups is 1.